The van der Waals surface area contributed by atoms with Gasteiger partial charge in [0.2, 0.25) is 0 Å². The van der Waals surface area contributed by atoms with Gasteiger partial charge in [-0.05, 0) is 82.0 Å². The van der Waals surface area contributed by atoms with Crippen LogP contribution in [-0.4, -0.2) is 33.2 Å². The van der Waals surface area contributed by atoms with Gasteiger partial charge in [-0.25, -0.2) is 0 Å². The highest BCUT2D eigenvalue weighted by Crippen LogP contribution is 2.35. The number of hydrogen-bond acceptors (Lipinski definition) is 3. The van der Waals surface area contributed by atoms with Crippen LogP contribution in [0.15, 0.2) is 48.5 Å². The molecule has 0 unspecified atom stereocenters. The summed E-state index contributed by atoms with van der Waals surface area (Å²) in [7, 11) is 2.02. The first kappa shape index (κ1) is 18.9. The van der Waals surface area contributed by atoms with Crippen molar-refractivity contribution in [2.45, 2.75) is 38.5 Å². The van der Waals surface area contributed by atoms with E-state index in [0.717, 1.165) is 32.4 Å². The van der Waals surface area contributed by atoms with Crippen molar-refractivity contribution in [3.8, 4) is 0 Å². The van der Waals surface area contributed by atoms with Crippen LogP contribution in [-0.2, 0) is 12.8 Å². The quantitative estimate of drug-likeness (QED) is 0.805. The van der Waals surface area contributed by atoms with Crippen LogP contribution in [0.5, 0.6) is 0 Å². The van der Waals surface area contributed by atoms with Gasteiger partial charge in [-0.1, -0.05) is 42.8 Å². The van der Waals surface area contributed by atoms with E-state index in [2.05, 4.69) is 64.1 Å². The summed E-state index contributed by atoms with van der Waals surface area (Å²) in [5.74, 6) is 0. The van der Waals surface area contributed by atoms with Gasteiger partial charge >= 0.3 is 0 Å². The van der Waals surface area contributed by atoms with E-state index in [1.165, 1.54) is 54.9 Å². The van der Waals surface area contributed by atoms with E-state index in [1.807, 2.05) is 7.05 Å². The minimum Gasteiger partial charge on any atom is -0.341 e. The number of benzene rings is 2. The maximum atomic E-state index is 3.28. The van der Waals surface area contributed by atoms with Crippen LogP contribution in [0.2, 0.25) is 0 Å². The third kappa shape index (κ3) is 5.09. The Hall–Kier alpha value is -1.84. The molecule has 0 radical (unpaired) electrons. The highest BCUT2D eigenvalue weighted by Gasteiger charge is 2.19. The molecular formula is C23H33N3. The molecule has 1 saturated heterocycles. The first-order valence-corrected chi connectivity index (χ1v) is 10.2. The Kier molecular flexibility index (Phi) is 7.53. The summed E-state index contributed by atoms with van der Waals surface area (Å²) in [6, 6.07) is 17.7. The van der Waals surface area contributed by atoms with Gasteiger partial charge < -0.3 is 15.5 Å². The van der Waals surface area contributed by atoms with Crippen molar-refractivity contribution in [3.05, 3.63) is 59.7 Å². The van der Waals surface area contributed by atoms with Crippen LogP contribution in [0.25, 0.3) is 0 Å². The Balaban J connectivity index is 0.000000278. The van der Waals surface area contributed by atoms with Crippen molar-refractivity contribution >= 4 is 11.4 Å². The lowest BCUT2D eigenvalue weighted by Crippen LogP contribution is -2.22. The van der Waals surface area contributed by atoms with Crippen LogP contribution in [0.1, 0.15) is 36.8 Å². The molecule has 2 aliphatic heterocycles. The molecule has 2 aromatic rings. The Morgan fingerprint density at radius 1 is 0.846 bits per heavy atom. The second-order valence-corrected chi connectivity index (χ2v) is 7.18. The van der Waals surface area contributed by atoms with Gasteiger partial charge in [0.15, 0.2) is 0 Å². The highest BCUT2D eigenvalue weighted by atomic mass is 15.1. The lowest BCUT2D eigenvalue weighted by molar-refractivity contribution is 0.520. The third-order valence-electron chi connectivity index (χ3n) is 5.24. The minimum atomic E-state index is 1.06. The van der Waals surface area contributed by atoms with Gasteiger partial charge in [-0.15, -0.1) is 0 Å². The molecule has 2 aromatic carbocycles. The molecule has 3 heteroatoms. The highest BCUT2D eigenvalue weighted by molar-refractivity contribution is 5.71. The van der Waals surface area contributed by atoms with Crippen LogP contribution in [0, 0.1) is 0 Å². The molecule has 2 heterocycles. The molecule has 26 heavy (non-hydrogen) atoms. The Bertz CT molecular complexity index is 605. The van der Waals surface area contributed by atoms with E-state index >= 15 is 0 Å². The van der Waals surface area contributed by atoms with Gasteiger partial charge in [0.25, 0.3) is 0 Å². The zero-order valence-corrected chi connectivity index (χ0v) is 16.1. The zero-order chi connectivity index (χ0) is 18.0. The monoisotopic (exact) mass is 351 g/mol. The summed E-state index contributed by atoms with van der Waals surface area (Å²) in [5, 5.41) is 6.53. The normalized spacial score (nSPS) is 16.0. The maximum Gasteiger partial charge on any atom is 0.0443 e. The fourth-order valence-electron chi connectivity index (χ4n) is 3.83. The second kappa shape index (κ2) is 10.3. The molecule has 0 amide bonds. The molecule has 1 fully saturated rings. The Morgan fingerprint density at radius 2 is 1.42 bits per heavy atom. The summed E-state index contributed by atoms with van der Waals surface area (Å²) in [5.41, 5.74) is 5.70. The van der Waals surface area contributed by atoms with E-state index in [4.69, 9.17) is 0 Å². The summed E-state index contributed by atoms with van der Waals surface area (Å²) in [4.78, 5) is 2.50. The van der Waals surface area contributed by atoms with Gasteiger partial charge in [0.1, 0.15) is 0 Å². The van der Waals surface area contributed by atoms with Crippen LogP contribution >= 0.6 is 0 Å². The van der Waals surface area contributed by atoms with Crippen molar-refractivity contribution in [2.24, 2.45) is 0 Å². The first-order chi connectivity index (χ1) is 12.9. The molecule has 0 spiro atoms. The summed E-state index contributed by atoms with van der Waals surface area (Å²) in [6.07, 6.45) is 7.64. The summed E-state index contributed by atoms with van der Waals surface area (Å²) in [6.45, 7) is 4.62. The largest absolute Gasteiger partial charge is 0.341 e. The zero-order valence-electron chi connectivity index (χ0n) is 16.1. The number of para-hydroxylation sites is 2. The van der Waals surface area contributed by atoms with E-state index in [9.17, 15) is 0 Å². The van der Waals surface area contributed by atoms with Crippen molar-refractivity contribution in [3.63, 3.8) is 0 Å². The standard InChI is InChI=1S/C18H22N2.C5H11N/c1-19-13-6-14-20-17-9-4-2-7-15(17)11-12-16-8-3-5-10-18(16)20;1-2-4-6-5-3-1/h2-5,7-10,19H,6,11-14H2,1H3;6H,1-5H2. The molecule has 2 aliphatic rings. The van der Waals surface area contributed by atoms with Crippen LogP contribution < -0.4 is 15.5 Å². The van der Waals surface area contributed by atoms with Crippen LogP contribution in [0.3, 0.4) is 0 Å². The topological polar surface area (TPSA) is 27.3 Å². The molecule has 3 nitrogen and oxygen atoms in total. The lowest BCUT2D eigenvalue weighted by Gasteiger charge is -2.27. The number of hydrogen-bond donors (Lipinski definition) is 2. The fraction of sp³-hybridized carbons (Fsp3) is 0.478. The number of fused-ring (bicyclic) bond motifs is 2. The van der Waals surface area contributed by atoms with E-state index in [0.29, 0.717) is 0 Å². The number of piperidine rings is 1. The third-order valence-corrected chi connectivity index (χ3v) is 5.24. The SMILES string of the molecule is C1CCNCC1.CNCCCN1c2ccccc2CCc2ccccc21. The Morgan fingerprint density at radius 3 is 1.88 bits per heavy atom. The van der Waals surface area contributed by atoms with E-state index < -0.39 is 0 Å². The molecule has 4 rings (SSSR count). The number of anilines is 2. The van der Waals surface area contributed by atoms with Crippen molar-refractivity contribution in [1.29, 1.82) is 0 Å². The van der Waals surface area contributed by atoms with Crippen molar-refractivity contribution in [2.75, 3.05) is 38.1 Å². The number of aryl methyl sites for hydroxylation is 2. The van der Waals surface area contributed by atoms with Gasteiger partial charge in [0, 0.05) is 17.9 Å². The predicted octanol–water partition coefficient (Wildman–Crippen LogP) is 4.29. The van der Waals surface area contributed by atoms with Crippen LogP contribution in [0.4, 0.5) is 11.4 Å². The molecule has 0 bridgehead atoms. The van der Waals surface area contributed by atoms with E-state index in [1.54, 1.807) is 0 Å². The predicted molar refractivity (Wildman–Crippen MR) is 113 cm³/mol. The molecule has 0 aliphatic carbocycles. The maximum absolute atomic E-state index is 3.28. The van der Waals surface area contributed by atoms with Crippen molar-refractivity contribution in [1.82, 2.24) is 10.6 Å². The number of rotatable bonds is 4. The first-order valence-electron chi connectivity index (χ1n) is 10.2. The van der Waals surface area contributed by atoms with Crippen molar-refractivity contribution < 1.29 is 0 Å². The fourth-order valence-corrected chi connectivity index (χ4v) is 3.83. The lowest BCUT2D eigenvalue weighted by atomic mass is 10.0. The summed E-state index contributed by atoms with van der Waals surface area (Å²) < 4.78 is 0. The van der Waals surface area contributed by atoms with Gasteiger partial charge in [-0.2, -0.15) is 0 Å². The molecule has 0 saturated carbocycles. The van der Waals surface area contributed by atoms with Gasteiger partial charge in [-0.3, -0.25) is 0 Å². The van der Waals surface area contributed by atoms with Gasteiger partial charge in [0.05, 0.1) is 0 Å². The number of nitrogens with zero attached hydrogens (tertiary/aromatic N) is 1. The van der Waals surface area contributed by atoms with E-state index in [-0.39, 0.29) is 0 Å². The summed E-state index contributed by atoms with van der Waals surface area (Å²) >= 11 is 0. The molecule has 0 atom stereocenters. The average molecular weight is 352 g/mol. The molecule has 140 valence electrons. The second-order valence-electron chi connectivity index (χ2n) is 7.18. The average Bonchev–Trinajstić information content (AvgIpc) is 2.88. The molecular weight excluding hydrogens is 318 g/mol. The molecule has 0 aromatic heterocycles. The minimum absolute atomic E-state index is 1.06. The number of nitrogens with one attached hydrogen (secondary N) is 2. The Labute approximate surface area is 158 Å². The molecule has 2 N–H and O–H groups in total. The smallest absolute Gasteiger partial charge is 0.0443 e.